The highest BCUT2D eigenvalue weighted by atomic mass is 32.2. The molecule has 7 heteroatoms. The number of aromatic amines is 1. The highest BCUT2D eigenvalue weighted by Crippen LogP contribution is 2.10. The molecule has 0 aliphatic heterocycles. The van der Waals surface area contributed by atoms with Crippen LogP contribution in [0.3, 0.4) is 0 Å². The van der Waals surface area contributed by atoms with Gasteiger partial charge in [0, 0.05) is 18.9 Å². The van der Waals surface area contributed by atoms with E-state index in [4.69, 9.17) is 0 Å². The quantitative estimate of drug-likeness (QED) is 0.790. The number of ether oxygens (including phenoxy) is 1. The fraction of sp³-hybridized carbons (Fsp3) is 0.214. The number of nitrogens with one attached hydrogen (secondary N) is 2. The van der Waals surface area contributed by atoms with Gasteiger partial charge in [-0.15, -0.1) is 0 Å². The Kier molecular flexibility index (Phi) is 4.77. The second-order valence-corrected chi connectivity index (χ2v) is 6.30. The number of sulfonamides is 1. The van der Waals surface area contributed by atoms with Crippen molar-refractivity contribution in [3.05, 3.63) is 59.4 Å². The maximum atomic E-state index is 12.0. The van der Waals surface area contributed by atoms with Crippen LogP contribution in [0.4, 0.5) is 0 Å². The molecule has 1 aromatic heterocycles. The fourth-order valence-corrected chi connectivity index (χ4v) is 2.95. The van der Waals surface area contributed by atoms with Gasteiger partial charge < -0.3 is 9.72 Å². The summed E-state index contributed by atoms with van der Waals surface area (Å²) in [5, 5.41) is 0. The predicted molar refractivity (Wildman–Crippen MR) is 78.0 cm³/mol. The summed E-state index contributed by atoms with van der Waals surface area (Å²) in [4.78, 5) is 14.3. The number of rotatable bonds is 6. The highest BCUT2D eigenvalue weighted by Gasteiger charge is 2.13. The van der Waals surface area contributed by atoms with Crippen LogP contribution >= 0.6 is 0 Å². The van der Waals surface area contributed by atoms with Crippen molar-refractivity contribution in [1.29, 1.82) is 0 Å². The Labute approximate surface area is 123 Å². The van der Waals surface area contributed by atoms with Crippen molar-refractivity contribution in [3.8, 4) is 0 Å². The van der Waals surface area contributed by atoms with Crippen LogP contribution in [0, 0.1) is 0 Å². The SMILES string of the molecule is COC(=O)c1cccc(CS(=O)(=O)NCc2cc[nH]c2)c1. The molecule has 0 aliphatic rings. The molecule has 0 bridgehead atoms. The van der Waals surface area contributed by atoms with Crippen LogP contribution in [0.25, 0.3) is 0 Å². The van der Waals surface area contributed by atoms with Gasteiger partial charge in [-0.2, -0.15) is 0 Å². The van der Waals surface area contributed by atoms with Gasteiger partial charge in [0.05, 0.1) is 18.4 Å². The van der Waals surface area contributed by atoms with E-state index in [0.717, 1.165) is 5.56 Å². The smallest absolute Gasteiger partial charge is 0.337 e. The first-order valence-electron chi connectivity index (χ1n) is 6.26. The van der Waals surface area contributed by atoms with Crippen LogP contribution in [0.15, 0.2) is 42.7 Å². The lowest BCUT2D eigenvalue weighted by Crippen LogP contribution is -2.24. The van der Waals surface area contributed by atoms with Crippen LogP contribution in [-0.2, 0) is 27.1 Å². The van der Waals surface area contributed by atoms with E-state index in [9.17, 15) is 13.2 Å². The number of hydrogen-bond donors (Lipinski definition) is 2. The number of methoxy groups -OCH3 is 1. The van der Waals surface area contributed by atoms with Crippen molar-refractivity contribution in [2.24, 2.45) is 0 Å². The van der Waals surface area contributed by atoms with Gasteiger partial charge in [-0.05, 0) is 29.3 Å². The van der Waals surface area contributed by atoms with Crippen LogP contribution in [0.1, 0.15) is 21.5 Å². The topological polar surface area (TPSA) is 88.3 Å². The first-order valence-corrected chi connectivity index (χ1v) is 7.91. The Bertz CT molecular complexity index is 708. The zero-order valence-corrected chi connectivity index (χ0v) is 12.3. The first kappa shape index (κ1) is 15.3. The van der Waals surface area contributed by atoms with Gasteiger partial charge in [-0.3, -0.25) is 0 Å². The second kappa shape index (κ2) is 6.55. The molecule has 6 nitrogen and oxygen atoms in total. The van der Waals surface area contributed by atoms with Gasteiger partial charge in [-0.25, -0.2) is 17.9 Å². The lowest BCUT2D eigenvalue weighted by atomic mass is 10.1. The molecule has 2 rings (SSSR count). The van der Waals surface area contributed by atoms with Gasteiger partial charge in [-0.1, -0.05) is 12.1 Å². The molecule has 0 fully saturated rings. The molecule has 0 spiro atoms. The molecule has 0 radical (unpaired) electrons. The van der Waals surface area contributed by atoms with Crippen molar-refractivity contribution in [1.82, 2.24) is 9.71 Å². The standard InChI is InChI=1S/C14H16N2O4S/c1-20-14(17)13-4-2-3-11(7-13)10-21(18,19)16-9-12-5-6-15-8-12/h2-8,15-16H,9-10H2,1H3. The van der Waals surface area contributed by atoms with Crippen LogP contribution in [0.2, 0.25) is 0 Å². The molecule has 1 aromatic carbocycles. The zero-order chi connectivity index (χ0) is 15.3. The molecule has 112 valence electrons. The van der Waals surface area contributed by atoms with E-state index in [1.54, 1.807) is 36.7 Å². The summed E-state index contributed by atoms with van der Waals surface area (Å²) in [6.45, 7) is 0.225. The summed E-state index contributed by atoms with van der Waals surface area (Å²) in [7, 11) is -2.19. The zero-order valence-electron chi connectivity index (χ0n) is 11.5. The molecule has 2 N–H and O–H groups in total. The minimum absolute atomic E-state index is 0.192. The molecular formula is C14H16N2O4S. The summed E-state index contributed by atoms with van der Waals surface area (Å²) in [5.41, 5.74) is 1.71. The van der Waals surface area contributed by atoms with E-state index in [1.165, 1.54) is 13.2 Å². The molecule has 0 unspecified atom stereocenters. The third-order valence-electron chi connectivity index (χ3n) is 2.86. The second-order valence-electron chi connectivity index (χ2n) is 4.49. The highest BCUT2D eigenvalue weighted by molar-refractivity contribution is 7.88. The van der Waals surface area contributed by atoms with E-state index < -0.39 is 16.0 Å². The molecule has 0 saturated heterocycles. The molecule has 0 saturated carbocycles. The van der Waals surface area contributed by atoms with Gasteiger partial charge >= 0.3 is 5.97 Å². The van der Waals surface area contributed by atoms with Gasteiger partial charge in [0.15, 0.2) is 0 Å². The summed E-state index contributed by atoms with van der Waals surface area (Å²) in [6, 6.07) is 8.17. The Hall–Kier alpha value is -2.12. The number of carbonyl (C=O) groups is 1. The number of hydrogen-bond acceptors (Lipinski definition) is 4. The van der Waals surface area contributed by atoms with Gasteiger partial charge in [0.2, 0.25) is 10.0 Å². The average molecular weight is 308 g/mol. The van der Waals surface area contributed by atoms with E-state index in [2.05, 4.69) is 14.4 Å². The molecular weight excluding hydrogens is 292 g/mol. The van der Waals surface area contributed by atoms with Crippen molar-refractivity contribution >= 4 is 16.0 Å². The molecule has 1 heterocycles. The van der Waals surface area contributed by atoms with Crippen LogP contribution in [-0.4, -0.2) is 26.5 Å². The summed E-state index contributed by atoms with van der Waals surface area (Å²) in [6.07, 6.45) is 3.45. The Balaban J connectivity index is 2.04. The van der Waals surface area contributed by atoms with E-state index in [0.29, 0.717) is 11.1 Å². The molecule has 0 amide bonds. The number of carbonyl (C=O) groups excluding carboxylic acids is 1. The normalized spacial score (nSPS) is 11.3. The summed E-state index contributed by atoms with van der Waals surface area (Å²) in [5.74, 6) is -0.683. The number of esters is 1. The van der Waals surface area contributed by atoms with Crippen molar-refractivity contribution in [2.75, 3.05) is 7.11 Å². The van der Waals surface area contributed by atoms with Crippen LogP contribution in [0.5, 0.6) is 0 Å². The molecule has 21 heavy (non-hydrogen) atoms. The van der Waals surface area contributed by atoms with Crippen molar-refractivity contribution in [3.63, 3.8) is 0 Å². The Morgan fingerprint density at radius 3 is 2.76 bits per heavy atom. The van der Waals surface area contributed by atoms with Crippen LogP contribution < -0.4 is 4.72 Å². The van der Waals surface area contributed by atoms with E-state index >= 15 is 0 Å². The monoisotopic (exact) mass is 308 g/mol. The predicted octanol–water partition coefficient (Wildman–Crippen LogP) is 1.42. The first-order chi connectivity index (χ1) is 10.00. The third kappa shape index (κ3) is 4.44. The minimum Gasteiger partial charge on any atom is -0.465 e. The van der Waals surface area contributed by atoms with Gasteiger partial charge in [0.25, 0.3) is 0 Å². The molecule has 0 atom stereocenters. The number of aromatic nitrogens is 1. The van der Waals surface area contributed by atoms with Gasteiger partial charge in [0.1, 0.15) is 0 Å². The minimum atomic E-state index is -3.48. The lowest BCUT2D eigenvalue weighted by molar-refractivity contribution is 0.0600. The van der Waals surface area contributed by atoms with E-state index in [1.807, 2.05) is 0 Å². The molecule has 2 aromatic rings. The number of H-pyrrole nitrogens is 1. The Morgan fingerprint density at radius 1 is 1.29 bits per heavy atom. The fourth-order valence-electron chi connectivity index (χ4n) is 1.84. The number of benzene rings is 1. The molecule has 0 aliphatic carbocycles. The van der Waals surface area contributed by atoms with Crippen molar-refractivity contribution in [2.45, 2.75) is 12.3 Å². The van der Waals surface area contributed by atoms with Crippen molar-refractivity contribution < 1.29 is 17.9 Å². The maximum Gasteiger partial charge on any atom is 0.337 e. The third-order valence-corrected chi connectivity index (χ3v) is 4.16. The maximum absolute atomic E-state index is 12.0. The lowest BCUT2D eigenvalue weighted by Gasteiger charge is -2.07. The Morgan fingerprint density at radius 2 is 2.10 bits per heavy atom. The van der Waals surface area contributed by atoms with E-state index in [-0.39, 0.29) is 12.3 Å². The summed E-state index contributed by atoms with van der Waals surface area (Å²) >= 11 is 0. The largest absolute Gasteiger partial charge is 0.465 e. The average Bonchev–Trinajstić information content (AvgIpc) is 2.97. The summed E-state index contributed by atoms with van der Waals surface area (Å²) < 4.78 is 31.1.